The normalized spacial score (nSPS) is 14.6. The van der Waals surface area contributed by atoms with Crippen molar-refractivity contribution in [2.24, 2.45) is 0 Å². The van der Waals surface area contributed by atoms with Crippen molar-refractivity contribution in [3.05, 3.63) is 53.3 Å². The Morgan fingerprint density at radius 1 is 1.20 bits per heavy atom. The van der Waals surface area contributed by atoms with Crippen LogP contribution in [0.25, 0.3) is 0 Å². The maximum atomic E-state index is 11.6. The quantitative estimate of drug-likeness (QED) is 0.795. The average molecular weight is 343 g/mol. The summed E-state index contributed by atoms with van der Waals surface area (Å²) in [5.41, 5.74) is 2.78. The van der Waals surface area contributed by atoms with Crippen molar-refractivity contribution in [1.29, 1.82) is 0 Å². The zero-order chi connectivity index (χ0) is 18.3. The Balaban J connectivity index is 0.00000109. The number of ether oxygens (including phenoxy) is 1. The van der Waals surface area contributed by atoms with Crippen molar-refractivity contribution >= 4 is 11.9 Å². The van der Waals surface area contributed by atoms with Gasteiger partial charge >= 0.3 is 5.97 Å². The first kappa shape index (κ1) is 18.9. The molecule has 1 heterocycles. The highest BCUT2D eigenvalue weighted by molar-refractivity contribution is 5.88. The molecule has 5 heteroatoms. The third kappa shape index (κ3) is 4.35. The van der Waals surface area contributed by atoms with Gasteiger partial charge in [-0.05, 0) is 38.7 Å². The van der Waals surface area contributed by atoms with Crippen molar-refractivity contribution in [2.75, 3.05) is 11.9 Å². The standard InChI is InChI=1S/C18H21N3O2.C2H6.H2/c1-3-23-16(22)14-11-19-17(20-12-14)21-18(9-4-10-18)15-7-5-13(2)6-8-15;1-2;/h5-8,11-12H,3-4,9-10H2,1-2H3,(H,19,20,21);1-2H3;1H. The van der Waals surface area contributed by atoms with E-state index >= 15 is 0 Å². The summed E-state index contributed by atoms with van der Waals surface area (Å²) in [6, 6.07) is 8.58. The minimum Gasteiger partial charge on any atom is -0.462 e. The highest BCUT2D eigenvalue weighted by Gasteiger charge is 2.39. The van der Waals surface area contributed by atoms with Crippen LogP contribution < -0.4 is 5.32 Å². The summed E-state index contributed by atoms with van der Waals surface area (Å²) in [5.74, 6) is 0.147. The molecule has 0 saturated heterocycles. The zero-order valence-electron chi connectivity index (χ0n) is 15.5. The number of carbonyl (C=O) groups excluding carboxylic acids is 1. The molecule has 3 rings (SSSR count). The van der Waals surface area contributed by atoms with Crippen molar-refractivity contribution in [3.8, 4) is 0 Å². The predicted molar refractivity (Wildman–Crippen MR) is 102 cm³/mol. The molecule has 1 aromatic carbocycles. The number of carbonyl (C=O) groups is 1. The summed E-state index contributed by atoms with van der Waals surface area (Å²) in [7, 11) is 0. The van der Waals surface area contributed by atoms with E-state index in [1.807, 2.05) is 13.8 Å². The van der Waals surface area contributed by atoms with Gasteiger partial charge in [0.15, 0.2) is 0 Å². The van der Waals surface area contributed by atoms with Crippen LogP contribution in [0.4, 0.5) is 5.95 Å². The number of nitrogens with one attached hydrogen (secondary N) is 1. The molecule has 0 bridgehead atoms. The molecule has 1 saturated carbocycles. The minimum atomic E-state index is -0.393. The van der Waals surface area contributed by atoms with E-state index in [1.54, 1.807) is 6.92 Å². The molecule has 0 spiro atoms. The van der Waals surface area contributed by atoms with Crippen LogP contribution in [-0.2, 0) is 10.3 Å². The van der Waals surface area contributed by atoms with Crippen molar-refractivity contribution in [3.63, 3.8) is 0 Å². The first-order chi connectivity index (χ1) is 12.1. The minimum absolute atomic E-state index is 0. The van der Waals surface area contributed by atoms with E-state index in [1.165, 1.54) is 29.9 Å². The Labute approximate surface area is 151 Å². The smallest absolute Gasteiger partial charge is 0.341 e. The van der Waals surface area contributed by atoms with Crippen LogP contribution in [0.5, 0.6) is 0 Å². The Morgan fingerprint density at radius 2 is 1.80 bits per heavy atom. The maximum Gasteiger partial charge on any atom is 0.341 e. The van der Waals surface area contributed by atoms with Gasteiger partial charge in [0.25, 0.3) is 0 Å². The van der Waals surface area contributed by atoms with E-state index in [-0.39, 0.29) is 6.97 Å². The van der Waals surface area contributed by atoms with Gasteiger partial charge in [-0.3, -0.25) is 0 Å². The fourth-order valence-electron chi connectivity index (χ4n) is 2.82. The van der Waals surface area contributed by atoms with Crippen molar-refractivity contribution < 1.29 is 11.0 Å². The van der Waals surface area contributed by atoms with Crippen LogP contribution in [0.15, 0.2) is 36.7 Å². The Kier molecular flexibility index (Phi) is 6.51. The highest BCUT2D eigenvalue weighted by Crippen LogP contribution is 2.43. The van der Waals surface area contributed by atoms with E-state index in [4.69, 9.17) is 4.74 Å². The number of hydrogen-bond donors (Lipinski definition) is 1. The molecule has 5 nitrogen and oxygen atoms in total. The summed E-state index contributed by atoms with van der Waals surface area (Å²) < 4.78 is 4.94. The zero-order valence-corrected chi connectivity index (χ0v) is 15.5. The second-order valence-corrected chi connectivity index (χ2v) is 5.94. The topological polar surface area (TPSA) is 64.1 Å². The summed E-state index contributed by atoms with van der Waals surface area (Å²) in [6.07, 6.45) is 6.31. The molecular weight excluding hydrogens is 314 g/mol. The molecule has 0 atom stereocenters. The van der Waals surface area contributed by atoms with Crippen LogP contribution in [0.2, 0.25) is 0 Å². The molecule has 0 amide bonds. The number of aromatic nitrogens is 2. The molecule has 0 unspecified atom stereocenters. The first-order valence-electron chi connectivity index (χ1n) is 8.97. The van der Waals surface area contributed by atoms with Gasteiger partial charge in [0.1, 0.15) is 0 Å². The monoisotopic (exact) mass is 343 g/mol. The molecule has 2 aromatic rings. The van der Waals surface area contributed by atoms with Gasteiger partial charge < -0.3 is 10.1 Å². The number of nitrogens with zero attached hydrogens (tertiary/aromatic N) is 2. The largest absolute Gasteiger partial charge is 0.462 e. The Bertz CT molecular complexity index is 683. The van der Waals surface area contributed by atoms with E-state index in [9.17, 15) is 4.79 Å². The van der Waals surface area contributed by atoms with Crippen molar-refractivity contribution in [2.45, 2.75) is 52.5 Å². The van der Waals surface area contributed by atoms with Gasteiger partial charge in [-0.1, -0.05) is 43.7 Å². The van der Waals surface area contributed by atoms with E-state index in [0.717, 1.165) is 12.8 Å². The molecule has 0 aliphatic heterocycles. The number of benzene rings is 1. The van der Waals surface area contributed by atoms with Crippen LogP contribution in [0.3, 0.4) is 0 Å². The van der Waals surface area contributed by atoms with Crippen LogP contribution in [-0.4, -0.2) is 22.5 Å². The van der Waals surface area contributed by atoms with Gasteiger partial charge in [0.2, 0.25) is 5.95 Å². The maximum absolute atomic E-state index is 11.6. The fraction of sp³-hybridized carbons (Fsp3) is 0.450. The molecule has 1 aliphatic rings. The lowest BCUT2D eigenvalue weighted by molar-refractivity contribution is 0.0525. The van der Waals surface area contributed by atoms with E-state index < -0.39 is 5.97 Å². The molecule has 136 valence electrons. The molecule has 0 radical (unpaired) electrons. The average Bonchev–Trinajstić information content (AvgIpc) is 2.61. The van der Waals surface area contributed by atoms with Gasteiger partial charge in [0, 0.05) is 13.8 Å². The predicted octanol–water partition coefficient (Wildman–Crippen LogP) is 4.73. The molecule has 1 N–H and O–H groups in total. The molecule has 1 aromatic heterocycles. The second kappa shape index (κ2) is 8.60. The third-order valence-electron chi connectivity index (χ3n) is 4.33. The lowest BCUT2D eigenvalue weighted by atomic mass is 9.72. The molecule has 1 fully saturated rings. The summed E-state index contributed by atoms with van der Waals surface area (Å²) in [4.78, 5) is 20.2. The second-order valence-electron chi connectivity index (χ2n) is 5.94. The molecule has 1 aliphatic carbocycles. The van der Waals surface area contributed by atoms with Crippen LogP contribution in [0, 0.1) is 6.92 Å². The lowest BCUT2D eigenvalue weighted by Gasteiger charge is -2.43. The summed E-state index contributed by atoms with van der Waals surface area (Å²) in [5, 5.41) is 3.45. The van der Waals surface area contributed by atoms with Crippen LogP contribution >= 0.6 is 0 Å². The van der Waals surface area contributed by atoms with E-state index in [0.29, 0.717) is 18.1 Å². The number of aryl methyl sites for hydroxylation is 1. The number of rotatable bonds is 5. The van der Waals surface area contributed by atoms with Gasteiger partial charge in [0.05, 0.1) is 17.7 Å². The number of hydrogen-bond acceptors (Lipinski definition) is 5. The highest BCUT2D eigenvalue weighted by atomic mass is 16.5. The summed E-state index contributed by atoms with van der Waals surface area (Å²) in [6.45, 7) is 8.20. The SMILES string of the molecule is CC.CCOC(=O)c1cnc(NC2(c3ccc(C)cc3)CCC2)nc1.[HH]. The molecular formula is C20H29N3O2. The summed E-state index contributed by atoms with van der Waals surface area (Å²) >= 11 is 0. The fourth-order valence-corrected chi connectivity index (χ4v) is 2.82. The first-order valence-corrected chi connectivity index (χ1v) is 8.97. The van der Waals surface area contributed by atoms with Gasteiger partial charge in [-0.15, -0.1) is 0 Å². The van der Waals surface area contributed by atoms with Crippen molar-refractivity contribution in [1.82, 2.24) is 9.97 Å². The van der Waals surface area contributed by atoms with E-state index in [2.05, 4.69) is 46.5 Å². The van der Waals surface area contributed by atoms with Gasteiger partial charge in [-0.25, -0.2) is 14.8 Å². The Hall–Kier alpha value is -2.43. The number of esters is 1. The van der Waals surface area contributed by atoms with Crippen LogP contribution in [0.1, 0.15) is 62.9 Å². The Morgan fingerprint density at radius 3 is 2.28 bits per heavy atom. The molecule has 25 heavy (non-hydrogen) atoms. The lowest BCUT2D eigenvalue weighted by Crippen LogP contribution is -2.42. The third-order valence-corrected chi connectivity index (χ3v) is 4.33. The number of anilines is 1. The van der Waals surface area contributed by atoms with Gasteiger partial charge in [-0.2, -0.15) is 0 Å².